The minimum atomic E-state index is -0.536. The van der Waals surface area contributed by atoms with Crippen molar-refractivity contribution in [3.8, 4) is 0 Å². The molecule has 2 saturated heterocycles. The predicted octanol–water partition coefficient (Wildman–Crippen LogP) is 1.22. The van der Waals surface area contributed by atoms with Crippen LogP contribution < -0.4 is 10.6 Å². The molecule has 2 fully saturated rings. The first kappa shape index (κ1) is 15.0. The van der Waals surface area contributed by atoms with Crippen LogP contribution in [0.4, 0.5) is 5.69 Å². The lowest BCUT2D eigenvalue weighted by atomic mass is 10.1. The molecule has 0 saturated carbocycles. The maximum absolute atomic E-state index is 12.7. The van der Waals surface area contributed by atoms with Gasteiger partial charge in [-0.1, -0.05) is 6.07 Å². The Hall–Kier alpha value is -1.88. The number of rotatable bonds is 2. The van der Waals surface area contributed by atoms with Gasteiger partial charge in [0.15, 0.2) is 0 Å². The van der Waals surface area contributed by atoms with Gasteiger partial charge in [-0.05, 0) is 49.9 Å². The van der Waals surface area contributed by atoms with Gasteiger partial charge in [0, 0.05) is 31.4 Å². The lowest BCUT2D eigenvalue weighted by molar-refractivity contribution is -0.139. The van der Waals surface area contributed by atoms with E-state index in [1.54, 1.807) is 9.80 Å². The lowest BCUT2D eigenvalue weighted by Gasteiger charge is -2.21. The molecular formula is C17H23N3O2. The summed E-state index contributed by atoms with van der Waals surface area (Å²) in [5.74, 6) is -0.661. The van der Waals surface area contributed by atoms with Gasteiger partial charge in [0.2, 0.25) is 11.8 Å². The van der Waals surface area contributed by atoms with E-state index in [9.17, 15) is 9.59 Å². The van der Waals surface area contributed by atoms with Gasteiger partial charge in [0.05, 0.1) is 0 Å². The monoisotopic (exact) mass is 301 g/mol. The molecule has 5 nitrogen and oxygen atoms in total. The summed E-state index contributed by atoms with van der Waals surface area (Å²) in [4.78, 5) is 28.7. The first-order valence-corrected chi connectivity index (χ1v) is 7.90. The third kappa shape index (κ3) is 2.73. The molecular weight excluding hydrogens is 278 g/mol. The van der Waals surface area contributed by atoms with Crippen molar-refractivity contribution in [3.05, 3.63) is 29.3 Å². The molecule has 0 aliphatic carbocycles. The average molecular weight is 301 g/mol. The zero-order valence-corrected chi connectivity index (χ0v) is 13.2. The number of carbonyl (C=O) groups excluding carboxylic acids is 2. The highest BCUT2D eigenvalue weighted by atomic mass is 16.2. The highest BCUT2D eigenvalue weighted by Crippen LogP contribution is 2.28. The van der Waals surface area contributed by atoms with Crippen molar-refractivity contribution in [1.29, 1.82) is 0 Å². The maximum Gasteiger partial charge on any atom is 0.239 e. The number of amides is 2. The molecule has 0 aromatic heterocycles. The van der Waals surface area contributed by atoms with E-state index in [0.717, 1.165) is 23.2 Å². The molecule has 5 heteroatoms. The van der Waals surface area contributed by atoms with Gasteiger partial charge in [0.25, 0.3) is 0 Å². The van der Waals surface area contributed by atoms with Gasteiger partial charge in [-0.15, -0.1) is 0 Å². The van der Waals surface area contributed by atoms with E-state index in [-0.39, 0.29) is 17.9 Å². The van der Waals surface area contributed by atoms with Crippen LogP contribution >= 0.6 is 0 Å². The van der Waals surface area contributed by atoms with Crippen LogP contribution in [0.1, 0.15) is 24.0 Å². The largest absolute Gasteiger partial charge is 0.340 e. The van der Waals surface area contributed by atoms with Crippen LogP contribution in [0.5, 0.6) is 0 Å². The van der Waals surface area contributed by atoms with Crippen LogP contribution in [0, 0.1) is 19.8 Å². The van der Waals surface area contributed by atoms with Crippen LogP contribution in [0.2, 0.25) is 0 Å². The third-order valence-corrected chi connectivity index (χ3v) is 4.56. The summed E-state index contributed by atoms with van der Waals surface area (Å²) in [6.07, 6.45) is 1.42. The standard InChI is InChI=1S/C17H23N3O2/c1-11-7-12(2)9-14(8-11)20-6-4-15(17(20)22)16(21)19-5-3-13(18)10-19/h7-9,13,15H,3-6,10,18H2,1-2H3/t13-,15+/m1/s1. The second-order valence-corrected chi connectivity index (χ2v) is 6.51. The smallest absolute Gasteiger partial charge is 0.239 e. The number of aryl methyl sites for hydroxylation is 2. The number of nitrogens with zero attached hydrogens (tertiary/aromatic N) is 2. The molecule has 1 aromatic rings. The van der Waals surface area contributed by atoms with E-state index in [1.165, 1.54) is 0 Å². The van der Waals surface area contributed by atoms with Crippen molar-refractivity contribution < 1.29 is 9.59 Å². The number of carbonyl (C=O) groups is 2. The Kier molecular flexibility index (Phi) is 3.91. The van der Waals surface area contributed by atoms with E-state index < -0.39 is 5.92 Å². The Morgan fingerprint density at radius 2 is 1.82 bits per heavy atom. The molecule has 3 rings (SSSR count). The van der Waals surface area contributed by atoms with Gasteiger partial charge in [-0.3, -0.25) is 9.59 Å². The maximum atomic E-state index is 12.7. The van der Waals surface area contributed by atoms with Gasteiger partial charge >= 0.3 is 0 Å². The zero-order chi connectivity index (χ0) is 15.9. The summed E-state index contributed by atoms with van der Waals surface area (Å²) >= 11 is 0. The molecule has 0 spiro atoms. The highest BCUT2D eigenvalue weighted by molar-refractivity contribution is 6.09. The molecule has 0 unspecified atom stereocenters. The van der Waals surface area contributed by atoms with Gasteiger partial charge in [0.1, 0.15) is 5.92 Å². The fourth-order valence-corrected chi connectivity index (χ4v) is 3.48. The second-order valence-electron chi connectivity index (χ2n) is 6.51. The summed E-state index contributed by atoms with van der Waals surface area (Å²) in [6.45, 7) is 5.90. The Balaban J connectivity index is 1.76. The van der Waals surface area contributed by atoms with E-state index in [1.807, 2.05) is 26.0 Å². The molecule has 2 aliphatic heterocycles. The summed E-state index contributed by atoms with van der Waals surface area (Å²) in [7, 11) is 0. The van der Waals surface area contributed by atoms with Crippen molar-refractivity contribution in [1.82, 2.24) is 4.90 Å². The molecule has 1 aromatic carbocycles. The number of nitrogens with two attached hydrogens (primary N) is 1. The lowest BCUT2D eigenvalue weighted by Crippen LogP contribution is -2.40. The van der Waals surface area contributed by atoms with Crippen molar-refractivity contribution in [3.63, 3.8) is 0 Å². The summed E-state index contributed by atoms with van der Waals surface area (Å²) < 4.78 is 0. The second kappa shape index (κ2) is 5.72. The Morgan fingerprint density at radius 1 is 1.14 bits per heavy atom. The number of benzene rings is 1. The van der Waals surface area contributed by atoms with E-state index in [4.69, 9.17) is 5.73 Å². The first-order chi connectivity index (χ1) is 10.5. The van der Waals surface area contributed by atoms with E-state index in [0.29, 0.717) is 26.1 Å². The molecule has 2 atom stereocenters. The normalized spacial score (nSPS) is 25.1. The summed E-state index contributed by atoms with van der Waals surface area (Å²) in [5.41, 5.74) is 9.01. The van der Waals surface area contributed by atoms with Crippen molar-refractivity contribution in [2.75, 3.05) is 24.5 Å². The number of hydrogen-bond acceptors (Lipinski definition) is 3. The number of anilines is 1. The van der Waals surface area contributed by atoms with Gasteiger partial charge in [-0.2, -0.15) is 0 Å². The van der Waals surface area contributed by atoms with Crippen molar-refractivity contribution in [2.45, 2.75) is 32.7 Å². The summed E-state index contributed by atoms with van der Waals surface area (Å²) in [6, 6.07) is 6.14. The quantitative estimate of drug-likeness (QED) is 0.835. The van der Waals surface area contributed by atoms with Crippen LogP contribution in [-0.2, 0) is 9.59 Å². The zero-order valence-electron chi connectivity index (χ0n) is 13.2. The molecule has 2 aliphatic rings. The molecule has 22 heavy (non-hydrogen) atoms. The van der Waals surface area contributed by atoms with E-state index >= 15 is 0 Å². The number of likely N-dealkylation sites (tertiary alicyclic amines) is 1. The van der Waals surface area contributed by atoms with Crippen LogP contribution in [-0.4, -0.2) is 42.4 Å². The minimum absolute atomic E-state index is 0.0511. The highest BCUT2D eigenvalue weighted by Gasteiger charge is 2.41. The average Bonchev–Trinajstić information content (AvgIpc) is 3.03. The summed E-state index contributed by atoms with van der Waals surface area (Å²) in [5, 5.41) is 0. The van der Waals surface area contributed by atoms with Crippen molar-refractivity contribution >= 4 is 17.5 Å². The SMILES string of the molecule is Cc1cc(C)cc(N2CC[C@@H](C(=O)N3CC[C@@H](N)C3)C2=O)c1. The van der Waals surface area contributed by atoms with Crippen LogP contribution in [0.25, 0.3) is 0 Å². The Bertz CT molecular complexity index is 594. The Morgan fingerprint density at radius 3 is 2.41 bits per heavy atom. The topological polar surface area (TPSA) is 66.6 Å². The van der Waals surface area contributed by atoms with Crippen molar-refractivity contribution in [2.24, 2.45) is 11.7 Å². The fraction of sp³-hybridized carbons (Fsp3) is 0.529. The van der Waals surface area contributed by atoms with Crippen LogP contribution in [0.15, 0.2) is 18.2 Å². The third-order valence-electron chi connectivity index (χ3n) is 4.56. The molecule has 118 valence electrons. The first-order valence-electron chi connectivity index (χ1n) is 7.90. The van der Waals surface area contributed by atoms with Crippen LogP contribution in [0.3, 0.4) is 0 Å². The fourth-order valence-electron chi connectivity index (χ4n) is 3.48. The number of hydrogen-bond donors (Lipinski definition) is 1. The molecule has 0 bridgehead atoms. The Labute approximate surface area is 131 Å². The van der Waals surface area contributed by atoms with Gasteiger partial charge < -0.3 is 15.5 Å². The predicted molar refractivity (Wildman–Crippen MR) is 85.5 cm³/mol. The molecule has 2 amide bonds. The molecule has 0 radical (unpaired) electrons. The minimum Gasteiger partial charge on any atom is -0.340 e. The molecule has 2 heterocycles. The van der Waals surface area contributed by atoms with E-state index in [2.05, 4.69) is 6.07 Å². The van der Waals surface area contributed by atoms with Gasteiger partial charge in [-0.25, -0.2) is 0 Å². The molecule has 2 N–H and O–H groups in total.